The van der Waals surface area contributed by atoms with E-state index in [4.69, 9.17) is 0 Å². The molecule has 1 rings (SSSR count). The van der Waals surface area contributed by atoms with Crippen molar-refractivity contribution in [2.24, 2.45) is 11.8 Å². The standard InChI is InChI=1S/C18H30BrN/c1-5-15(6-2)11-17(13-20-14(3)4)12-16-7-9-18(19)10-8-16/h7-10,14-15,17,20H,5-6,11-13H2,1-4H3. The Hall–Kier alpha value is -0.340. The van der Waals surface area contributed by atoms with Gasteiger partial charge in [0.05, 0.1) is 0 Å². The van der Waals surface area contributed by atoms with Gasteiger partial charge in [-0.3, -0.25) is 0 Å². The summed E-state index contributed by atoms with van der Waals surface area (Å²) < 4.78 is 1.16. The van der Waals surface area contributed by atoms with Gasteiger partial charge in [-0.05, 0) is 48.9 Å². The SMILES string of the molecule is CCC(CC)CC(CNC(C)C)Cc1ccc(Br)cc1. The monoisotopic (exact) mass is 339 g/mol. The molecule has 0 amide bonds. The van der Waals surface area contributed by atoms with Gasteiger partial charge in [0.2, 0.25) is 0 Å². The van der Waals surface area contributed by atoms with Gasteiger partial charge in [-0.1, -0.05) is 68.6 Å². The molecular weight excluding hydrogens is 310 g/mol. The molecule has 0 saturated heterocycles. The first-order valence-corrected chi connectivity index (χ1v) is 8.82. The number of benzene rings is 1. The summed E-state index contributed by atoms with van der Waals surface area (Å²) in [5.74, 6) is 1.60. The molecule has 1 unspecified atom stereocenters. The molecule has 1 N–H and O–H groups in total. The molecule has 2 heteroatoms. The first-order valence-electron chi connectivity index (χ1n) is 8.02. The summed E-state index contributed by atoms with van der Waals surface area (Å²) in [4.78, 5) is 0. The van der Waals surface area contributed by atoms with E-state index in [1.54, 1.807) is 0 Å². The van der Waals surface area contributed by atoms with Crippen molar-refractivity contribution in [1.82, 2.24) is 5.32 Å². The zero-order valence-corrected chi connectivity index (χ0v) is 15.0. The van der Waals surface area contributed by atoms with Crippen molar-refractivity contribution in [3.63, 3.8) is 0 Å². The molecule has 0 radical (unpaired) electrons. The second-order valence-corrected chi connectivity index (χ2v) is 7.09. The predicted molar refractivity (Wildman–Crippen MR) is 93.2 cm³/mol. The van der Waals surface area contributed by atoms with Gasteiger partial charge < -0.3 is 5.32 Å². The van der Waals surface area contributed by atoms with E-state index in [0.29, 0.717) is 6.04 Å². The Morgan fingerprint density at radius 3 is 2.10 bits per heavy atom. The molecule has 114 valence electrons. The highest BCUT2D eigenvalue weighted by Crippen LogP contribution is 2.23. The van der Waals surface area contributed by atoms with Crippen LogP contribution in [0.3, 0.4) is 0 Å². The summed E-state index contributed by atoms with van der Waals surface area (Å²) in [6.45, 7) is 10.2. The highest BCUT2D eigenvalue weighted by molar-refractivity contribution is 9.10. The highest BCUT2D eigenvalue weighted by Gasteiger charge is 2.15. The third kappa shape index (κ3) is 6.90. The van der Waals surface area contributed by atoms with Gasteiger partial charge in [0.25, 0.3) is 0 Å². The van der Waals surface area contributed by atoms with E-state index in [-0.39, 0.29) is 0 Å². The Morgan fingerprint density at radius 2 is 1.60 bits per heavy atom. The lowest BCUT2D eigenvalue weighted by Gasteiger charge is -2.23. The molecule has 0 spiro atoms. The summed E-state index contributed by atoms with van der Waals surface area (Å²) in [7, 11) is 0. The van der Waals surface area contributed by atoms with Crippen LogP contribution in [0.2, 0.25) is 0 Å². The fraction of sp³-hybridized carbons (Fsp3) is 0.667. The van der Waals surface area contributed by atoms with Crippen LogP contribution in [0.4, 0.5) is 0 Å². The van der Waals surface area contributed by atoms with Crippen molar-refractivity contribution in [1.29, 1.82) is 0 Å². The van der Waals surface area contributed by atoms with Crippen molar-refractivity contribution in [2.45, 2.75) is 59.4 Å². The predicted octanol–water partition coefficient (Wildman–Crippen LogP) is 5.43. The molecule has 0 fully saturated rings. The van der Waals surface area contributed by atoms with Gasteiger partial charge in [0, 0.05) is 10.5 Å². The third-order valence-electron chi connectivity index (χ3n) is 4.07. The average molecular weight is 340 g/mol. The Balaban J connectivity index is 2.62. The first kappa shape index (κ1) is 17.7. The lowest BCUT2D eigenvalue weighted by molar-refractivity contribution is 0.331. The second kappa shape index (κ2) is 9.57. The van der Waals surface area contributed by atoms with E-state index >= 15 is 0 Å². The maximum Gasteiger partial charge on any atom is 0.0175 e. The quantitative estimate of drug-likeness (QED) is 0.632. The summed E-state index contributed by atoms with van der Waals surface area (Å²) in [6, 6.07) is 9.38. The Labute approximate surface area is 133 Å². The Kier molecular flexibility index (Phi) is 8.47. The van der Waals surface area contributed by atoms with E-state index < -0.39 is 0 Å². The zero-order chi connectivity index (χ0) is 15.0. The number of hydrogen-bond donors (Lipinski definition) is 1. The van der Waals surface area contributed by atoms with Crippen LogP contribution in [0.25, 0.3) is 0 Å². The molecule has 0 aromatic heterocycles. The Bertz CT molecular complexity index is 354. The molecule has 0 heterocycles. The van der Waals surface area contributed by atoms with E-state index in [9.17, 15) is 0 Å². The molecule has 0 aliphatic carbocycles. The van der Waals surface area contributed by atoms with E-state index in [2.05, 4.69) is 73.2 Å². The van der Waals surface area contributed by atoms with E-state index in [0.717, 1.165) is 22.9 Å². The van der Waals surface area contributed by atoms with Gasteiger partial charge in [-0.2, -0.15) is 0 Å². The molecule has 1 aromatic carbocycles. The van der Waals surface area contributed by atoms with Gasteiger partial charge in [0.15, 0.2) is 0 Å². The topological polar surface area (TPSA) is 12.0 Å². The van der Waals surface area contributed by atoms with Gasteiger partial charge in [-0.15, -0.1) is 0 Å². The van der Waals surface area contributed by atoms with Crippen LogP contribution in [0.1, 0.15) is 52.5 Å². The number of rotatable bonds is 9. The maximum atomic E-state index is 3.62. The largest absolute Gasteiger partial charge is 0.314 e. The third-order valence-corrected chi connectivity index (χ3v) is 4.60. The molecular formula is C18H30BrN. The maximum absolute atomic E-state index is 3.62. The minimum atomic E-state index is 0.573. The Morgan fingerprint density at radius 1 is 1.00 bits per heavy atom. The zero-order valence-electron chi connectivity index (χ0n) is 13.5. The van der Waals surface area contributed by atoms with Crippen molar-refractivity contribution < 1.29 is 0 Å². The van der Waals surface area contributed by atoms with Crippen LogP contribution >= 0.6 is 15.9 Å². The summed E-state index contributed by atoms with van der Waals surface area (Å²) in [5.41, 5.74) is 1.45. The molecule has 0 aliphatic rings. The molecule has 20 heavy (non-hydrogen) atoms. The number of nitrogens with one attached hydrogen (secondary N) is 1. The molecule has 1 atom stereocenters. The normalized spacial score (nSPS) is 13.2. The van der Waals surface area contributed by atoms with Crippen LogP contribution in [-0.4, -0.2) is 12.6 Å². The average Bonchev–Trinajstić information content (AvgIpc) is 2.44. The fourth-order valence-corrected chi connectivity index (χ4v) is 2.95. The fourth-order valence-electron chi connectivity index (χ4n) is 2.69. The van der Waals surface area contributed by atoms with E-state index in [1.807, 2.05) is 0 Å². The minimum Gasteiger partial charge on any atom is -0.314 e. The van der Waals surface area contributed by atoms with E-state index in [1.165, 1.54) is 31.2 Å². The highest BCUT2D eigenvalue weighted by atomic mass is 79.9. The molecule has 0 aliphatic heterocycles. The van der Waals surface area contributed by atoms with Crippen LogP contribution in [-0.2, 0) is 6.42 Å². The minimum absolute atomic E-state index is 0.573. The molecule has 0 bridgehead atoms. The first-order chi connectivity index (χ1) is 9.55. The van der Waals surface area contributed by atoms with Crippen molar-refractivity contribution in [3.8, 4) is 0 Å². The number of hydrogen-bond acceptors (Lipinski definition) is 1. The van der Waals surface area contributed by atoms with Gasteiger partial charge in [-0.25, -0.2) is 0 Å². The van der Waals surface area contributed by atoms with Crippen LogP contribution in [0.5, 0.6) is 0 Å². The molecule has 0 saturated carbocycles. The molecule has 1 aromatic rings. The summed E-state index contributed by atoms with van der Waals surface area (Å²) >= 11 is 3.51. The summed E-state index contributed by atoms with van der Waals surface area (Å²) in [6.07, 6.45) is 5.12. The van der Waals surface area contributed by atoms with Crippen LogP contribution < -0.4 is 5.32 Å². The van der Waals surface area contributed by atoms with Crippen molar-refractivity contribution in [3.05, 3.63) is 34.3 Å². The van der Waals surface area contributed by atoms with Crippen molar-refractivity contribution >= 4 is 15.9 Å². The second-order valence-electron chi connectivity index (χ2n) is 6.18. The smallest absolute Gasteiger partial charge is 0.0175 e. The van der Waals surface area contributed by atoms with Crippen LogP contribution in [0.15, 0.2) is 28.7 Å². The van der Waals surface area contributed by atoms with Gasteiger partial charge in [0.1, 0.15) is 0 Å². The molecule has 1 nitrogen and oxygen atoms in total. The van der Waals surface area contributed by atoms with Crippen LogP contribution in [0, 0.1) is 11.8 Å². The lowest BCUT2D eigenvalue weighted by Crippen LogP contribution is -2.31. The lowest BCUT2D eigenvalue weighted by atomic mass is 9.86. The van der Waals surface area contributed by atoms with Gasteiger partial charge >= 0.3 is 0 Å². The summed E-state index contributed by atoms with van der Waals surface area (Å²) in [5, 5.41) is 3.62. The van der Waals surface area contributed by atoms with Crippen molar-refractivity contribution in [2.75, 3.05) is 6.54 Å². The number of halogens is 1.